The van der Waals surface area contributed by atoms with Crippen LogP contribution in [0.4, 0.5) is 5.69 Å². The van der Waals surface area contributed by atoms with Crippen molar-refractivity contribution in [2.24, 2.45) is 0 Å². The van der Waals surface area contributed by atoms with Gasteiger partial charge in [-0.3, -0.25) is 9.69 Å². The first kappa shape index (κ1) is 17.2. The van der Waals surface area contributed by atoms with Crippen molar-refractivity contribution in [1.82, 2.24) is 4.90 Å². The predicted molar refractivity (Wildman–Crippen MR) is 93.5 cm³/mol. The number of carbonyl (C=O) groups excluding carboxylic acids is 1. The van der Waals surface area contributed by atoms with Crippen molar-refractivity contribution in [3.05, 3.63) is 65.7 Å². The first-order valence-electron chi connectivity index (χ1n) is 7.97. The molecule has 0 unspecified atom stereocenters. The van der Waals surface area contributed by atoms with Crippen LogP contribution in [0.25, 0.3) is 0 Å². The summed E-state index contributed by atoms with van der Waals surface area (Å²) in [6.45, 7) is 3.57. The number of para-hydroxylation sites is 1. The van der Waals surface area contributed by atoms with Gasteiger partial charge in [0, 0.05) is 12.2 Å². The van der Waals surface area contributed by atoms with Crippen LogP contribution >= 0.6 is 0 Å². The van der Waals surface area contributed by atoms with Gasteiger partial charge in [-0.15, -0.1) is 0 Å². The van der Waals surface area contributed by atoms with Gasteiger partial charge in [-0.1, -0.05) is 55.5 Å². The molecule has 0 saturated heterocycles. The Hall–Kier alpha value is -2.17. The normalized spacial score (nSPS) is 10.7. The van der Waals surface area contributed by atoms with E-state index >= 15 is 0 Å². The average Bonchev–Trinajstić information content (AvgIpc) is 2.57. The molecular weight excluding hydrogens is 288 g/mol. The number of benzene rings is 2. The molecule has 122 valence electrons. The van der Waals surface area contributed by atoms with Gasteiger partial charge >= 0.3 is 0 Å². The topological polar surface area (TPSA) is 52.6 Å². The highest BCUT2D eigenvalue weighted by Crippen LogP contribution is 2.19. The number of hydrogen-bond acceptors (Lipinski definition) is 3. The van der Waals surface area contributed by atoms with Gasteiger partial charge < -0.3 is 10.4 Å². The van der Waals surface area contributed by atoms with Crippen molar-refractivity contribution in [2.75, 3.05) is 31.6 Å². The molecule has 0 aliphatic rings. The summed E-state index contributed by atoms with van der Waals surface area (Å²) < 4.78 is 0. The molecule has 0 saturated carbocycles. The maximum atomic E-state index is 12.2. The summed E-state index contributed by atoms with van der Waals surface area (Å²) >= 11 is 0. The van der Waals surface area contributed by atoms with E-state index in [9.17, 15) is 4.79 Å². The molecule has 2 aromatic carbocycles. The number of anilines is 1. The Labute approximate surface area is 137 Å². The third kappa shape index (κ3) is 5.51. The largest absolute Gasteiger partial charge is 0.395 e. The second-order valence-electron chi connectivity index (χ2n) is 5.46. The van der Waals surface area contributed by atoms with Gasteiger partial charge in [0.2, 0.25) is 5.91 Å². The molecule has 0 atom stereocenters. The fraction of sp³-hybridized carbons (Fsp3) is 0.316. The minimum Gasteiger partial charge on any atom is -0.395 e. The van der Waals surface area contributed by atoms with E-state index in [1.54, 1.807) is 0 Å². The molecule has 4 heteroatoms. The molecule has 1 amide bonds. The Morgan fingerprint density at radius 3 is 2.48 bits per heavy atom. The summed E-state index contributed by atoms with van der Waals surface area (Å²) in [7, 11) is 0. The lowest BCUT2D eigenvalue weighted by Crippen LogP contribution is -2.35. The zero-order valence-electron chi connectivity index (χ0n) is 13.5. The third-order valence-electron chi connectivity index (χ3n) is 3.76. The third-order valence-corrected chi connectivity index (χ3v) is 3.76. The zero-order chi connectivity index (χ0) is 16.5. The quantitative estimate of drug-likeness (QED) is 0.787. The average molecular weight is 312 g/mol. The molecule has 0 fully saturated rings. The second-order valence-corrected chi connectivity index (χ2v) is 5.46. The van der Waals surface area contributed by atoms with E-state index in [1.807, 2.05) is 54.3 Å². The summed E-state index contributed by atoms with van der Waals surface area (Å²) in [4.78, 5) is 14.1. The van der Waals surface area contributed by atoms with Crippen molar-refractivity contribution >= 4 is 11.6 Å². The molecule has 0 bridgehead atoms. The molecule has 0 aliphatic heterocycles. The van der Waals surface area contributed by atoms with E-state index in [-0.39, 0.29) is 19.1 Å². The fourth-order valence-electron chi connectivity index (χ4n) is 2.50. The Kier molecular flexibility index (Phi) is 6.78. The maximum Gasteiger partial charge on any atom is 0.238 e. The first-order valence-corrected chi connectivity index (χ1v) is 7.97. The lowest BCUT2D eigenvalue weighted by molar-refractivity contribution is -0.117. The lowest BCUT2D eigenvalue weighted by atomic mass is 10.0. The van der Waals surface area contributed by atoms with Crippen LogP contribution < -0.4 is 5.32 Å². The standard InChI is InChI=1S/C19H24N2O2/c1-2-21(12-13-22)15-19(23)20-18-11-7-6-10-17(18)14-16-8-4-3-5-9-16/h3-11,22H,2,12-15H2,1H3,(H,20,23). The molecule has 0 aromatic heterocycles. The molecule has 0 aliphatic carbocycles. The van der Waals surface area contributed by atoms with Crippen LogP contribution in [-0.2, 0) is 11.2 Å². The van der Waals surface area contributed by atoms with E-state index < -0.39 is 0 Å². The number of likely N-dealkylation sites (N-methyl/N-ethyl adjacent to an activating group) is 1. The van der Waals surface area contributed by atoms with Crippen LogP contribution in [0.3, 0.4) is 0 Å². The van der Waals surface area contributed by atoms with Crippen molar-refractivity contribution < 1.29 is 9.90 Å². The maximum absolute atomic E-state index is 12.2. The van der Waals surface area contributed by atoms with Gasteiger partial charge in [0.05, 0.1) is 13.2 Å². The van der Waals surface area contributed by atoms with E-state index in [4.69, 9.17) is 5.11 Å². The Morgan fingerprint density at radius 2 is 1.78 bits per heavy atom. The van der Waals surface area contributed by atoms with Gasteiger partial charge in [0.1, 0.15) is 0 Å². The number of nitrogens with one attached hydrogen (secondary N) is 1. The molecule has 2 N–H and O–H groups in total. The minimum atomic E-state index is -0.0548. The molecule has 2 rings (SSSR count). The van der Waals surface area contributed by atoms with Crippen LogP contribution in [-0.4, -0.2) is 42.2 Å². The highest BCUT2D eigenvalue weighted by atomic mass is 16.3. The van der Waals surface area contributed by atoms with E-state index in [0.717, 1.165) is 24.2 Å². The summed E-state index contributed by atoms with van der Waals surface area (Å²) in [6, 6.07) is 18.1. The van der Waals surface area contributed by atoms with Crippen LogP contribution in [0.2, 0.25) is 0 Å². The Balaban J connectivity index is 2.04. The summed E-state index contributed by atoms with van der Waals surface area (Å²) in [5, 5.41) is 12.0. The van der Waals surface area contributed by atoms with Crippen LogP contribution in [0.1, 0.15) is 18.1 Å². The monoisotopic (exact) mass is 312 g/mol. The number of aliphatic hydroxyl groups is 1. The molecule has 0 spiro atoms. The van der Waals surface area contributed by atoms with Crippen LogP contribution in [0, 0.1) is 0 Å². The van der Waals surface area contributed by atoms with Crippen LogP contribution in [0.5, 0.6) is 0 Å². The van der Waals surface area contributed by atoms with E-state index in [0.29, 0.717) is 6.54 Å². The van der Waals surface area contributed by atoms with Crippen molar-refractivity contribution in [1.29, 1.82) is 0 Å². The van der Waals surface area contributed by atoms with Gasteiger partial charge in [-0.2, -0.15) is 0 Å². The van der Waals surface area contributed by atoms with Crippen molar-refractivity contribution in [3.63, 3.8) is 0 Å². The minimum absolute atomic E-state index is 0.0548. The molecule has 4 nitrogen and oxygen atoms in total. The smallest absolute Gasteiger partial charge is 0.238 e. The number of amides is 1. The van der Waals surface area contributed by atoms with Gasteiger partial charge in [0.25, 0.3) is 0 Å². The molecule has 2 aromatic rings. The highest BCUT2D eigenvalue weighted by molar-refractivity contribution is 5.93. The molecule has 0 heterocycles. The number of nitrogens with zero attached hydrogens (tertiary/aromatic N) is 1. The van der Waals surface area contributed by atoms with Crippen molar-refractivity contribution in [2.45, 2.75) is 13.3 Å². The lowest BCUT2D eigenvalue weighted by Gasteiger charge is -2.19. The molecular formula is C19H24N2O2. The highest BCUT2D eigenvalue weighted by Gasteiger charge is 2.11. The summed E-state index contributed by atoms with van der Waals surface area (Å²) in [5.41, 5.74) is 3.16. The summed E-state index contributed by atoms with van der Waals surface area (Å²) in [6.07, 6.45) is 0.783. The summed E-state index contributed by atoms with van der Waals surface area (Å²) in [5.74, 6) is -0.0548. The number of hydrogen-bond donors (Lipinski definition) is 2. The Bertz CT molecular complexity index is 614. The number of carbonyl (C=O) groups is 1. The van der Waals surface area contributed by atoms with E-state index in [1.165, 1.54) is 5.56 Å². The molecule has 0 radical (unpaired) electrons. The van der Waals surface area contributed by atoms with Crippen LogP contribution in [0.15, 0.2) is 54.6 Å². The zero-order valence-corrected chi connectivity index (χ0v) is 13.5. The number of aliphatic hydroxyl groups excluding tert-OH is 1. The second kappa shape index (κ2) is 9.08. The first-order chi connectivity index (χ1) is 11.2. The van der Waals surface area contributed by atoms with Gasteiger partial charge in [-0.05, 0) is 30.2 Å². The van der Waals surface area contributed by atoms with Gasteiger partial charge in [0.15, 0.2) is 0 Å². The number of rotatable bonds is 8. The van der Waals surface area contributed by atoms with E-state index in [2.05, 4.69) is 17.4 Å². The molecule has 23 heavy (non-hydrogen) atoms. The Morgan fingerprint density at radius 1 is 1.09 bits per heavy atom. The predicted octanol–water partition coefficient (Wildman–Crippen LogP) is 2.53. The SMILES string of the molecule is CCN(CCO)CC(=O)Nc1ccccc1Cc1ccccc1. The van der Waals surface area contributed by atoms with Gasteiger partial charge in [-0.25, -0.2) is 0 Å². The van der Waals surface area contributed by atoms with Crippen molar-refractivity contribution in [3.8, 4) is 0 Å². The fourth-order valence-corrected chi connectivity index (χ4v) is 2.50.